The van der Waals surface area contributed by atoms with Crippen LogP contribution in [0.3, 0.4) is 0 Å². The molecule has 10 heteroatoms. The molecule has 28 heavy (non-hydrogen) atoms. The van der Waals surface area contributed by atoms with E-state index in [0.717, 1.165) is 38.5 Å². The van der Waals surface area contributed by atoms with E-state index in [1.54, 1.807) is 6.92 Å². The number of carbonyl (C=O) groups is 2. The van der Waals surface area contributed by atoms with Crippen LogP contribution in [-0.2, 0) is 4.74 Å². The van der Waals surface area contributed by atoms with Crippen LogP contribution in [-0.4, -0.2) is 37.9 Å². The maximum atomic E-state index is 13.4. The number of halogens is 4. The van der Waals surface area contributed by atoms with Gasteiger partial charge in [-0.15, -0.1) is 0 Å². The number of rotatable bonds is 5. The molecule has 2 aromatic rings. The summed E-state index contributed by atoms with van der Waals surface area (Å²) >= 11 is 0. The zero-order valence-corrected chi connectivity index (χ0v) is 15.0. The van der Waals surface area contributed by atoms with Crippen LogP contribution in [0.1, 0.15) is 27.6 Å². The van der Waals surface area contributed by atoms with Crippen LogP contribution in [0.4, 0.5) is 17.6 Å². The highest BCUT2D eigenvalue weighted by Gasteiger charge is 2.20. The lowest BCUT2D eigenvalue weighted by Gasteiger charge is -2.07. The highest BCUT2D eigenvalue weighted by atomic mass is 19.1. The van der Waals surface area contributed by atoms with Crippen LogP contribution in [0, 0.1) is 23.3 Å². The molecule has 152 valence electrons. The number of carbonyl (C=O) groups excluding carboxylic acids is 1. The molecule has 0 heterocycles. The molecule has 0 amide bonds. The molecule has 0 aliphatic rings. The summed E-state index contributed by atoms with van der Waals surface area (Å²) in [5.41, 5.74) is -0.951. The van der Waals surface area contributed by atoms with Gasteiger partial charge in [0, 0.05) is 0 Å². The van der Waals surface area contributed by atoms with Crippen molar-refractivity contribution in [3.63, 3.8) is 0 Å². The lowest BCUT2D eigenvalue weighted by atomic mass is 10.2. The minimum atomic E-state index is -1.46. The van der Waals surface area contributed by atoms with Gasteiger partial charge in [-0.05, 0) is 31.2 Å². The quantitative estimate of drug-likeness (QED) is 0.603. The number of carboxylic acids is 1. The van der Waals surface area contributed by atoms with Gasteiger partial charge in [-0.25, -0.2) is 27.2 Å². The molecule has 0 saturated heterocycles. The van der Waals surface area contributed by atoms with Crippen LogP contribution in [0.15, 0.2) is 24.3 Å². The summed E-state index contributed by atoms with van der Waals surface area (Å²) in [5.74, 6) is -7.59. The number of hydrogen-bond acceptors (Lipinski definition) is 5. The summed E-state index contributed by atoms with van der Waals surface area (Å²) in [5, 5.41) is 8.46. The summed E-state index contributed by atoms with van der Waals surface area (Å²) in [6, 6.07) is 3.65. The number of carboxylic acid groups (broad SMARTS) is 1. The number of hydrogen-bond donors (Lipinski definition) is 1. The topological polar surface area (TPSA) is 82.1 Å². The Kier molecular flexibility index (Phi) is 8.24. The van der Waals surface area contributed by atoms with E-state index in [4.69, 9.17) is 5.11 Å². The fourth-order valence-electron chi connectivity index (χ4n) is 1.97. The van der Waals surface area contributed by atoms with Crippen molar-refractivity contribution in [2.24, 2.45) is 0 Å². The Balaban J connectivity index is 0.000000283. The van der Waals surface area contributed by atoms with Crippen molar-refractivity contribution in [3.8, 4) is 11.5 Å². The summed E-state index contributed by atoms with van der Waals surface area (Å²) in [6.45, 7) is 1.72. The van der Waals surface area contributed by atoms with Gasteiger partial charge in [-0.2, -0.15) is 0 Å². The molecule has 0 aliphatic heterocycles. The van der Waals surface area contributed by atoms with Gasteiger partial charge in [-0.1, -0.05) is 0 Å². The van der Waals surface area contributed by atoms with E-state index in [-0.39, 0.29) is 12.2 Å². The number of aromatic carboxylic acids is 1. The van der Waals surface area contributed by atoms with Gasteiger partial charge in [0.05, 0.1) is 32.0 Å². The lowest BCUT2D eigenvalue weighted by Crippen LogP contribution is -2.08. The fourth-order valence-corrected chi connectivity index (χ4v) is 1.97. The molecule has 2 rings (SSSR count). The van der Waals surface area contributed by atoms with E-state index in [1.807, 2.05) is 0 Å². The predicted molar refractivity (Wildman–Crippen MR) is 88.7 cm³/mol. The van der Waals surface area contributed by atoms with Gasteiger partial charge >= 0.3 is 11.9 Å². The molecule has 0 unspecified atom stereocenters. The second-order valence-electron chi connectivity index (χ2n) is 4.91. The average Bonchev–Trinajstić information content (AvgIpc) is 2.63. The average molecular weight is 404 g/mol. The smallest absolute Gasteiger partial charge is 0.341 e. The third-order valence-corrected chi connectivity index (χ3v) is 3.23. The maximum absolute atomic E-state index is 13.4. The minimum Gasteiger partial charge on any atom is -0.491 e. The summed E-state index contributed by atoms with van der Waals surface area (Å²) in [7, 11) is 2.18. The number of benzene rings is 2. The van der Waals surface area contributed by atoms with E-state index < -0.39 is 52.3 Å². The Morgan fingerprint density at radius 3 is 1.68 bits per heavy atom. The molecule has 6 nitrogen and oxygen atoms in total. The number of methoxy groups -OCH3 is 2. The van der Waals surface area contributed by atoms with Gasteiger partial charge in [0.2, 0.25) is 0 Å². The van der Waals surface area contributed by atoms with Gasteiger partial charge in [0.1, 0.15) is 0 Å². The van der Waals surface area contributed by atoms with Crippen LogP contribution >= 0.6 is 0 Å². The second-order valence-corrected chi connectivity index (χ2v) is 4.91. The number of ether oxygens (including phenoxy) is 3. The molecule has 0 aliphatic carbocycles. The normalized spacial score (nSPS) is 9.82. The summed E-state index contributed by atoms with van der Waals surface area (Å²) in [4.78, 5) is 21.6. The summed E-state index contributed by atoms with van der Waals surface area (Å²) < 4.78 is 65.6. The first-order valence-corrected chi connectivity index (χ1v) is 7.63. The molecular weight excluding hydrogens is 388 g/mol. The zero-order valence-electron chi connectivity index (χ0n) is 15.0. The first kappa shape index (κ1) is 22.7. The van der Waals surface area contributed by atoms with Crippen molar-refractivity contribution < 1.29 is 46.5 Å². The van der Waals surface area contributed by atoms with Crippen LogP contribution in [0.25, 0.3) is 0 Å². The van der Waals surface area contributed by atoms with Crippen molar-refractivity contribution in [3.05, 3.63) is 58.7 Å². The van der Waals surface area contributed by atoms with Gasteiger partial charge in [0.15, 0.2) is 34.8 Å². The standard InChI is InChI=1S/C10H10F2O3.C8H6F2O3/c1-3-15-10(13)6-4-5-7(11)9(14-2)8(6)12;1-13-7-5(9)3-2-4(6(7)10)8(11)12/h4-5H,3H2,1-2H3;2-3H,1H3,(H,11,12). The Morgan fingerprint density at radius 1 is 0.857 bits per heavy atom. The highest BCUT2D eigenvalue weighted by molar-refractivity contribution is 5.90. The van der Waals surface area contributed by atoms with Crippen molar-refractivity contribution in [2.75, 3.05) is 20.8 Å². The Morgan fingerprint density at radius 2 is 1.29 bits per heavy atom. The van der Waals surface area contributed by atoms with Gasteiger partial charge in [-0.3, -0.25) is 0 Å². The van der Waals surface area contributed by atoms with E-state index in [1.165, 1.54) is 0 Å². The highest BCUT2D eigenvalue weighted by Crippen LogP contribution is 2.25. The second kappa shape index (κ2) is 10.1. The largest absolute Gasteiger partial charge is 0.491 e. The first-order chi connectivity index (χ1) is 13.2. The van der Waals surface area contributed by atoms with Crippen molar-refractivity contribution in [1.29, 1.82) is 0 Å². The van der Waals surface area contributed by atoms with Crippen LogP contribution < -0.4 is 9.47 Å². The Labute approximate surface area is 157 Å². The molecule has 0 atom stereocenters. The molecule has 0 radical (unpaired) electrons. The van der Waals surface area contributed by atoms with Gasteiger partial charge in [0.25, 0.3) is 0 Å². The molecule has 0 saturated carbocycles. The lowest BCUT2D eigenvalue weighted by molar-refractivity contribution is 0.0519. The van der Waals surface area contributed by atoms with E-state index >= 15 is 0 Å². The molecule has 2 aromatic carbocycles. The Hall–Kier alpha value is -3.30. The third kappa shape index (κ3) is 5.12. The van der Waals surface area contributed by atoms with E-state index in [0.29, 0.717) is 0 Å². The van der Waals surface area contributed by atoms with E-state index in [2.05, 4.69) is 14.2 Å². The first-order valence-electron chi connectivity index (χ1n) is 7.63. The van der Waals surface area contributed by atoms with Crippen molar-refractivity contribution in [2.45, 2.75) is 6.92 Å². The fraction of sp³-hybridized carbons (Fsp3) is 0.222. The molecule has 0 fully saturated rings. The van der Waals surface area contributed by atoms with Crippen LogP contribution in [0.5, 0.6) is 11.5 Å². The molecular formula is C18H16F4O6. The molecule has 0 aromatic heterocycles. The zero-order chi connectivity index (χ0) is 21.4. The molecule has 0 bridgehead atoms. The SMILES string of the molecule is CCOC(=O)c1ccc(F)c(OC)c1F.COc1c(F)ccc(C(=O)O)c1F. The molecule has 0 spiro atoms. The predicted octanol–water partition coefficient (Wildman–Crippen LogP) is 3.82. The monoisotopic (exact) mass is 404 g/mol. The number of esters is 1. The van der Waals surface area contributed by atoms with Crippen molar-refractivity contribution >= 4 is 11.9 Å². The Bertz CT molecular complexity index is 870. The van der Waals surface area contributed by atoms with Crippen LogP contribution in [0.2, 0.25) is 0 Å². The summed E-state index contributed by atoms with van der Waals surface area (Å²) in [6.07, 6.45) is 0. The molecule has 1 N–H and O–H groups in total. The van der Waals surface area contributed by atoms with Gasteiger partial charge < -0.3 is 19.3 Å². The maximum Gasteiger partial charge on any atom is 0.341 e. The third-order valence-electron chi connectivity index (χ3n) is 3.23. The van der Waals surface area contributed by atoms with E-state index in [9.17, 15) is 27.2 Å². The minimum absolute atomic E-state index is 0.123. The van der Waals surface area contributed by atoms with Crippen molar-refractivity contribution in [1.82, 2.24) is 0 Å².